The van der Waals surface area contributed by atoms with Crippen molar-refractivity contribution in [2.24, 2.45) is 0 Å². The Bertz CT molecular complexity index is 918. The second-order valence-electron chi connectivity index (χ2n) is 6.37. The van der Waals surface area contributed by atoms with Crippen molar-refractivity contribution in [2.75, 3.05) is 0 Å². The molecule has 2 aromatic carbocycles. The third-order valence-corrected chi connectivity index (χ3v) is 4.38. The van der Waals surface area contributed by atoms with E-state index < -0.39 is 0 Å². The molecule has 0 aliphatic heterocycles. The molecule has 1 N–H and O–H groups in total. The van der Waals surface area contributed by atoms with Gasteiger partial charge in [-0.15, -0.1) is 0 Å². The Morgan fingerprint density at radius 3 is 1.97 bits per heavy atom. The molecule has 29 heavy (non-hydrogen) atoms. The van der Waals surface area contributed by atoms with Gasteiger partial charge in [-0.3, -0.25) is 4.79 Å². The summed E-state index contributed by atoms with van der Waals surface area (Å²) in [5, 5.41) is 10.2. The first-order valence-corrected chi connectivity index (χ1v) is 9.82. The zero-order chi connectivity index (χ0) is 21.2. The topological polar surface area (TPSA) is 55.8 Å². The first-order chi connectivity index (χ1) is 14.0. The molecule has 0 fully saturated rings. The first-order valence-electron chi connectivity index (χ1n) is 9.82. The number of ketones is 1. The predicted octanol–water partition coefficient (Wildman–Crippen LogP) is 6.67. The van der Waals surface area contributed by atoms with Crippen LogP contribution in [0.25, 0.3) is 6.08 Å². The van der Waals surface area contributed by atoms with Gasteiger partial charge in [0.25, 0.3) is 0 Å². The molecule has 0 amide bonds. The van der Waals surface area contributed by atoms with Crippen LogP contribution in [0, 0.1) is 0 Å². The smallest absolute Gasteiger partial charge is 0.189 e. The molecule has 0 aliphatic carbocycles. The number of phenolic OH excluding ortho intramolecular Hbond substituents is 1. The van der Waals surface area contributed by atoms with Crippen LogP contribution in [0.5, 0.6) is 17.2 Å². The van der Waals surface area contributed by atoms with Crippen molar-refractivity contribution in [2.45, 2.75) is 40.5 Å². The van der Waals surface area contributed by atoms with Crippen molar-refractivity contribution in [1.29, 1.82) is 0 Å². The molecule has 152 valence electrons. The summed E-state index contributed by atoms with van der Waals surface area (Å²) in [7, 11) is 0. The van der Waals surface area contributed by atoms with E-state index in [0.717, 1.165) is 35.7 Å². The first kappa shape index (κ1) is 22.0. The van der Waals surface area contributed by atoms with Gasteiger partial charge in [0.05, 0.1) is 17.1 Å². The summed E-state index contributed by atoms with van der Waals surface area (Å²) >= 11 is 0. The maximum Gasteiger partial charge on any atom is 0.189 e. The fourth-order valence-electron chi connectivity index (χ4n) is 2.67. The van der Waals surface area contributed by atoms with Crippen LogP contribution in [0.2, 0.25) is 0 Å². The third kappa shape index (κ3) is 6.39. The molecule has 0 atom stereocenters. The number of benzene rings is 2. The number of ether oxygens (including phenoxy) is 2. The van der Waals surface area contributed by atoms with Crippen LogP contribution >= 0.6 is 0 Å². The van der Waals surface area contributed by atoms with Gasteiger partial charge in [0.1, 0.15) is 17.2 Å². The summed E-state index contributed by atoms with van der Waals surface area (Å²) in [5.74, 6) is 2.58. The summed E-state index contributed by atoms with van der Waals surface area (Å²) in [5.41, 5.74) is 1.09. The second kappa shape index (κ2) is 10.9. The fraction of sp³-hybridized carbons (Fsp3) is 0.240. The zero-order valence-corrected chi connectivity index (χ0v) is 17.4. The summed E-state index contributed by atoms with van der Waals surface area (Å²) < 4.78 is 11.4. The average Bonchev–Trinajstić information content (AvgIpc) is 2.75. The van der Waals surface area contributed by atoms with Crippen LogP contribution in [0.1, 0.15) is 56.5 Å². The Morgan fingerprint density at radius 1 is 0.897 bits per heavy atom. The van der Waals surface area contributed by atoms with Gasteiger partial charge in [-0.2, -0.15) is 0 Å². The Kier molecular flexibility index (Phi) is 8.28. The van der Waals surface area contributed by atoms with Crippen molar-refractivity contribution < 1.29 is 19.4 Å². The molecule has 0 aliphatic rings. The molecule has 0 saturated heterocycles. The average molecular weight is 392 g/mol. The minimum atomic E-state index is -0.279. The van der Waals surface area contributed by atoms with Crippen LogP contribution in [-0.2, 0) is 0 Å². The van der Waals surface area contributed by atoms with E-state index in [-0.39, 0.29) is 17.1 Å². The van der Waals surface area contributed by atoms with Crippen LogP contribution in [0.3, 0.4) is 0 Å². The largest absolute Gasteiger partial charge is 0.507 e. The Balaban J connectivity index is 2.06. The van der Waals surface area contributed by atoms with Crippen molar-refractivity contribution >= 4 is 11.9 Å². The lowest BCUT2D eigenvalue weighted by atomic mass is 10.1. The molecule has 0 aromatic heterocycles. The lowest BCUT2D eigenvalue weighted by Crippen LogP contribution is -1.97. The van der Waals surface area contributed by atoms with Crippen molar-refractivity contribution in [3.8, 4) is 17.2 Å². The van der Waals surface area contributed by atoms with Crippen molar-refractivity contribution in [1.82, 2.24) is 0 Å². The quantitative estimate of drug-likeness (QED) is 0.294. The third-order valence-electron chi connectivity index (χ3n) is 4.38. The van der Waals surface area contributed by atoms with Gasteiger partial charge in [-0.25, -0.2) is 0 Å². The standard InChI is InChI=1S/C25H28O4/c1-5-19(6-2)28-21-12-9-18(10-13-21)11-16-24(26)23-15-14-22(17-25(23)27)29-20(7-3)8-4/h5,7,9-17,27H,6,8H2,1-4H3/b16-11+,19-5+,20-7-. The Hall–Kier alpha value is -3.27. The van der Waals surface area contributed by atoms with E-state index in [4.69, 9.17) is 9.47 Å². The van der Waals surface area contributed by atoms with Crippen LogP contribution in [-0.4, -0.2) is 10.9 Å². The van der Waals surface area contributed by atoms with Crippen molar-refractivity contribution in [3.63, 3.8) is 0 Å². The number of carbonyl (C=O) groups is 1. The molecule has 0 spiro atoms. The highest BCUT2D eigenvalue weighted by Gasteiger charge is 2.10. The molecule has 4 nitrogen and oxygen atoms in total. The minimum absolute atomic E-state index is 0.106. The fourth-order valence-corrected chi connectivity index (χ4v) is 2.67. The minimum Gasteiger partial charge on any atom is -0.507 e. The normalized spacial score (nSPS) is 12.3. The van der Waals surface area contributed by atoms with Gasteiger partial charge >= 0.3 is 0 Å². The van der Waals surface area contributed by atoms with E-state index in [1.165, 1.54) is 12.1 Å². The van der Waals surface area contributed by atoms with Crippen LogP contribution < -0.4 is 9.47 Å². The molecule has 2 rings (SSSR count). The summed E-state index contributed by atoms with van der Waals surface area (Å²) in [6.45, 7) is 7.86. The van der Waals surface area contributed by atoms with E-state index in [1.807, 2.05) is 64.1 Å². The number of hydrogen-bond donors (Lipinski definition) is 1. The van der Waals surface area contributed by atoms with Gasteiger partial charge in [0.2, 0.25) is 0 Å². The SMILES string of the molecule is C/C=C(/CC)Oc1ccc(C(=O)/C=C/c2ccc(O/C(=C/C)CC)cc2)c(O)c1. The second-order valence-corrected chi connectivity index (χ2v) is 6.37. The predicted molar refractivity (Wildman–Crippen MR) is 117 cm³/mol. The molecule has 4 heteroatoms. The van der Waals surface area contributed by atoms with Crippen LogP contribution in [0.4, 0.5) is 0 Å². The number of hydrogen-bond acceptors (Lipinski definition) is 4. The number of rotatable bonds is 9. The number of allylic oxidation sites excluding steroid dienone is 5. The molecule has 0 unspecified atom stereocenters. The monoisotopic (exact) mass is 392 g/mol. The highest BCUT2D eigenvalue weighted by Crippen LogP contribution is 2.26. The lowest BCUT2D eigenvalue weighted by Gasteiger charge is -2.09. The molecule has 0 bridgehead atoms. The highest BCUT2D eigenvalue weighted by atomic mass is 16.5. The maximum absolute atomic E-state index is 12.4. The van der Waals surface area contributed by atoms with Crippen molar-refractivity contribution in [3.05, 3.63) is 83.3 Å². The van der Waals surface area contributed by atoms with E-state index in [9.17, 15) is 9.90 Å². The summed E-state index contributed by atoms with van der Waals surface area (Å²) in [6, 6.07) is 12.2. The van der Waals surface area contributed by atoms with Gasteiger partial charge in [-0.05, 0) is 61.9 Å². The molecule has 2 aromatic rings. The number of phenols is 1. The van der Waals surface area contributed by atoms with Crippen LogP contribution in [0.15, 0.2) is 72.2 Å². The molecule has 0 heterocycles. The molecule has 0 radical (unpaired) electrons. The molecular formula is C25H28O4. The highest BCUT2D eigenvalue weighted by molar-refractivity contribution is 6.08. The summed E-state index contributed by atoms with van der Waals surface area (Å²) in [4.78, 5) is 12.4. The maximum atomic E-state index is 12.4. The Labute approximate surface area is 172 Å². The number of carbonyl (C=O) groups excluding carboxylic acids is 1. The zero-order valence-electron chi connectivity index (χ0n) is 17.4. The molecular weight excluding hydrogens is 364 g/mol. The number of aromatic hydroxyl groups is 1. The van der Waals surface area contributed by atoms with Gasteiger partial charge in [-0.1, -0.05) is 32.1 Å². The van der Waals surface area contributed by atoms with E-state index in [1.54, 1.807) is 18.2 Å². The summed E-state index contributed by atoms with van der Waals surface area (Å²) in [6.07, 6.45) is 8.54. The van der Waals surface area contributed by atoms with E-state index in [2.05, 4.69) is 0 Å². The lowest BCUT2D eigenvalue weighted by molar-refractivity contribution is 0.104. The van der Waals surface area contributed by atoms with E-state index in [0.29, 0.717) is 5.75 Å². The molecule has 0 saturated carbocycles. The van der Waals surface area contributed by atoms with Gasteiger partial charge in [0.15, 0.2) is 5.78 Å². The van der Waals surface area contributed by atoms with Gasteiger partial charge in [0, 0.05) is 18.9 Å². The van der Waals surface area contributed by atoms with Gasteiger partial charge < -0.3 is 14.6 Å². The Morgan fingerprint density at radius 2 is 1.45 bits per heavy atom. The van der Waals surface area contributed by atoms with E-state index >= 15 is 0 Å².